The zero-order chi connectivity index (χ0) is 20.9. The van der Waals surface area contributed by atoms with Gasteiger partial charge in [0.05, 0.1) is 12.6 Å². The molecule has 0 N–H and O–H groups in total. The first-order valence-electron chi connectivity index (χ1n) is 10.2. The molecule has 0 spiro atoms. The normalized spacial score (nSPS) is 11.8. The fourth-order valence-electron chi connectivity index (χ4n) is 3.86. The van der Waals surface area contributed by atoms with E-state index < -0.39 is 0 Å². The first kappa shape index (κ1) is 19.7. The van der Waals surface area contributed by atoms with Crippen molar-refractivity contribution >= 4 is 22.4 Å². The van der Waals surface area contributed by atoms with Crippen LogP contribution in [0.1, 0.15) is 36.6 Å². The Morgan fingerprint density at radius 1 is 0.933 bits per heavy atom. The van der Waals surface area contributed by atoms with Gasteiger partial charge in [0.2, 0.25) is 0 Å². The van der Waals surface area contributed by atoms with Gasteiger partial charge in [-0.1, -0.05) is 66.7 Å². The Labute approximate surface area is 177 Å². The Hall–Kier alpha value is -3.59. The van der Waals surface area contributed by atoms with Crippen molar-refractivity contribution in [2.45, 2.75) is 19.9 Å². The topological polar surface area (TPSA) is 31.2 Å². The van der Waals surface area contributed by atoms with Gasteiger partial charge in [-0.05, 0) is 54.3 Å². The van der Waals surface area contributed by atoms with Crippen LogP contribution in [0.15, 0.2) is 97.2 Å². The summed E-state index contributed by atoms with van der Waals surface area (Å²) in [4.78, 5) is 11.8. The molecule has 3 aromatic carbocycles. The van der Waals surface area contributed by atoms with E-state index >= 15 is 0 Å². The molecule has 0 radical (unpaired) electrons. The lowest BCUT2D eigenvalue weighted by Gasteiger charge is -2.21. The number of carbonyl (C=O) groups is 1. The molecule has 0 fully saturated rings. The molecule has 0 saturated carbocycles. The Balaban J connectivity index is 1.77. The summed E-state index contributed by atoms with van der Waals surface area (Å²) in [6.45, 7) is 4.13. The van der Waals surface area contributed by atoms with E-state index in [0.29, 0.717) is 6.61 Å². The average molecular weight is 396 g/mol. The predicted octanol–water partition coefficient (Wildman–Crippen LogP) is 6.25. The van der Waals surface area contributed by atoms with E-state index in [4.69, 9.17) is 4.74 Å². The number of hydrogen-bond donors (Lipinski definition) is 0. The van der Waals surface area contributed by atoms with Crippen molar-refractivity contribution < 1.29 is 9.53 Å². The number of fused-ring (bicyclic) bond motifs is 1. The van der Waals surface area contributed by atoms with Crippen LogP contribution in [0.3, 0.4) is 0 Å². The molecule has 30 heavy (non-hydrogen) atoms. The molecule has 3 nitrogen and oxygen atoms in total. The quantitative estimate of drug-likeness (QED) is 0.286. The lowest BCUT2D eigenvalue weighted by Crippen LogP contribution is -2.11. The van der Waals surface area contributed by atoms with Crippen LogP contribution in [0.25, 0.3) is 16.5 Å². The lowest BCUT2D eigenvalue weighted by atomic mass is 9.98. The van der Waals surface area contributed by atoms with Gasteiger partial charge >= 0.3 is 5.97 Å². The van der Waals surface area contributed by atoms with Crippen LogP contribution < -0.4 is 0 Å². The Bertz CT molecular complexity index is 1130. The highest BCUT2D eigenvalue weighted by Gasteiger charge is 2.18. The molecule has 4 aromatic rings. The van der Waals surface area contributed by atoms with E-state index in [1.807, 2.05) is 26.0 Å². The number of hydrogen-bond acceptors (Lipinski definition) is 2. The summed E-state index contributed by atoms with van der Waals surface area (Å²) in [7, 11) is 0. The third-order valence-corrected chi connectivity index (χ3v) is 5.31. The van der Waals surface area contributed by atoms with Crippen molar-refractivity contribution in [3.05, 3.63) is 114 Å². The van der Waals surface area contributed by atoms with Gasteiger partial charge in [-0.3, -0.25) is 0 Å². The van der Waals surface area contributed by atoms with Crippen LogP contribution >= 0.6 is 0 Å². The second kappa shape index (κ2) is 8.83. The van der Waals surface area contributed by atoms with E-state index in [1.54, 1.807) is 6.08 Å². The van der Waals surface area contributed by atoms with Gasteiger partial charge in [0, 0.05) is 23.2 Å². The zero-order valence-electron chi connectivity index (χ0n) is 17.3. The minimum absolute atomic E-state index is 0.0897. The number of allylic oxidation sites excluding steroid dienone is 1. The predicted molar refractivity (Wildman–Crippen MR) is 122 cm³/mol. The fraction of sp³-hybridized carbons (Fsp3) is 0.148. The number of carbonyl (C=O) groups excluding carboxylic acids is 1. The summed E-state index contributed by atoms with van der Waals surface area (Å²) in [6, 6.07) is 29.7. The maximum atomic E-state index is 11.8. The van der Waals surface area contributed by atoms with Gasteiger partial charge in [-0.2, -0.15) is 0 Å². The summed E-state index contributed by atoms with van der Waals surface area (Å²) in [5.41, 5.74) is 5.54. The molecule has 0 saturated heterocycles. The monoisotopic (exact) mass is 395 g/mol. The van der Waals surface area contributed by atoms with Crippen LogP contribution in [-0.4, -0.2) is 17.1 Å². The van der Waals surface area contributed by atoms with Gasteiger partial charge in [0.1, 0.15) is 0 Å². The first-order chi connectivity index (χ1) is 14.7. The summed E-state index contributed by atoms with van der Waals surface area (Å²) in [5, 5.41) is 1.14. The molecule has 0 aliphatic rings. The summed E-state index contributed by atoms with van der Waals surface area (Å²) in [6.07, 6.45) is 3.70. The Morgan fingerprint density at radius 3 is 2.17 bits per heavy atom. The van der Waals surface area contributed by atoms with E-state index in [-0.39, 0.29) is 12.0 Å². The van der Waals surface area contributed by atoms with Crippen LogP contribution in [0.4, 0.5) is 0 Å². The van der Waals surface area contributed by atoms with Crippen molar-refractivity contribution in [2.75, 3.05) is 6.61 Å². The lowest BCUT2D eigenvalue weighted by molar-refractivity contribution is -0.137. The SMILES string of the molecule is CCOC(=O)/C=C(\C)c1ccc2c(ccn2C(c2ccccc2)c2ccccc2)c1. The molecule has 3 heteroatoms. The molecule has 0 aliphatic heterocycles. The van der Waals surface area contributed by atoms with Crippen LogP contribution in [0.5, 0.6) is 0 Å². The molecule has 150 valence electrons. The van der Waals surface area contributed by atoms with Crippen LogP contribution in [-0.2, 0) is 9.53 Å². The minimum Gasteiger partial charge on any atom is -0.463 e. The average Bonchev–Trinajstić information content (AvgIpc) is 3.18. The number of aromatic nitrogens is 1. The smallest absolute Gasteiger partial charge is 0.331 e. The maximum absolute atomic E-state index is 11.8. The molecular formula is C27H25NO2. The number of ether oxygens (including phenoxy) is 1. The standard InChI is InChI=1S/C27H25NO2/c1-3-30-26(29)18-20(2)23-14-15-25-24(19-23)16-17-28(25)27(21-10-6-4-7-11-21)22-12-8-5-9-13-22/h4-19,27H,3H2,1-2H3/b20-18+. The second-order valence-corrected chi connectivity index (χ2v) is 7.30. The molecular weight excluding hydrogens is 370 g/mol. The number of esters is 1. The molecule has 0 bridgehead atoms. The van der Waals surface area contributed by atoms with Crippen molar-refractivity contribution in [1.82, 2.24) is 4.57 Å². The summed E-state index contributed by atoms with van der Waals surface area (Å²) < 4.78 is 7.35. The van der Waals surface area contributed by atoms with E-state index in [9.17, 15) is 4.79 Å². The van der Waals surface area contributed by atoms with Gasteiger partial charge in [0.15, 0.2) is 0 Å². The molecule has 0 atom stereocenters. The molecule has 0 aliphatic carbocycles. The highest BCUT2D eigenvalue weighted by Crippen LogP contribution is 2.32. The second-order valence-electron chi connectivity index (χ2n) is 7.30. The van der Waals surface area contributed by atoms with Crippen molar-refractivity contribution in [2.24, 2.45) is 0 Å². The third kappa shape index (κ3) is 4.06. The number of nitrogens with zero attached hydrogens (tertiary/aromatic N) is 1. The molecule has 4 rings (SSSR count). The van der Waals surface area contributed by atoms with Crippen molar-refractivity contribution in [3.63, 3.8) is 0 Å². The summed E-state index contributed by atoms with van der Waals surface area (Å²) >= 11 is 0. The fourth-order valence-corrected chi connectivity index (χ4v) is 3.86. The molecule has 1 heterocycles. The van der Waals surface area contributed by atoms with Gasteiger partial charge in [0.25, 0.3) is 0 Å². The number of benzene rings is 3. The van der Waals surface area contributed by atoms with Crippen LogP contribution in [0, 0.1) is 0 Å². The summed E-state index contributed by atoms with van der Waals surface area (Å²) in [5.74, 6) is -0.305. The molecule has 0 unspecified atom stereocenters. The minimum atomic E-state index is -0.305. The highest BCUT2D eigenvalue weighted by atomic mass is 16.5. The van der Waals surface area contributed by atoms with Gasteiger partial charge in [-0.15, -0.1) is 0 Å². The zero-order valence-corrected chi connectivity index (χ0v) is 17.3. The van der Waals surface area contributed by atoms with E-state index in [1.165, 1.54) is 11.1 Å². The largest absolute Gasteiger partial charge is 0.463 e. The molecule has 0 amide bonds. The molecule has 1 aromatic heterocycles. The van der Waals surface area contributed by atoms with E-state index in [2.05, 4.69) is 83.6 Å². The maximum Gasteiger partial charge on any atom is 0.331 e. The number of rotatable bonds is 6. The Morgan fingerprint density at radius 2 is 1.57 bits per heavy atom. The van der Waals surface area contributed by atoms with Crippen LogP contribution in [0.2, 0.25) is 0 Å². The third-order valence-electron chi connectivity index (χ3n) is 5.31. The van der Waals surface area contributed by atoms with E-state index in [0.717, 1.165) is 22.0 Å². The first-order valence-corrected chi connectivity index (χ1v) is 10.2. The van der Waals surface area contributed by atoms with Gasteiger partial charge < -0.3 is 9.30 Å². The van der Waals surface area contributed by atoms with Crippen molar-refractivity contribution in [3.8, 4) is 0 Å². The Kier molecular flexibility index (Phi) is 5.80. The highest BCUT2D eigenvalue weighted by molar-refractivity contribution is 5.93. The van der Waals surface area contributed by atoms with Gasteiger partial charge in [-0.25, -0.2) is 4.79 Å². The van der Waals surface area contributed by atoms with Crippen molar-refractivity contribution in [1.29, 1.82) is 0 Å².